The summed E-state index contributed by atoms with van der Waals surface area (Å²) in [6.07, 6.45) is 7.52. The highest BCUT2D eigenvalue weighted by atomic mass is 35.5. The van der Waals surface area contributed by atoms with Gasteiger partial charge in [-0.15, -0.1) is 0 Å². The van der Waals surface area contributed by atoms with Gasteiger partial charge < -0.3 is 20.4 Å². The van der Waals surface area contributed by atoms with Gasteiger partial charge in [0.1, 0.15) is 11.5 Å². The summed E-state index contributed by atoms with van der Waals surface area (Å²) in [6.45, 7) is 1.90. The molecule has 0 aliphatic carbocycles. The molecule has 0 saturated carbocycles. The van der Waals surface area contributed by atoms with E-state index in [4.69, 9.17) is 22.1 Å². The van der Waals surface area contributed by atoms with Gasteiger partial charge in [-0.1, -0.05) is 23.7 Å². The molecule has 1 amide bonds. The van der Waals surface area contributed by atoms with Crippen molar-refractivity contribution in [3.8, 4) is 5.75 Å². The Labute approximate surface area is 199 Å². The maximum absolute atomic E-state index is 13.1. The minimum atomic E-state index is -0.677. The summed E-state index contributed by atoms with van der Waals surface area (Å²) in [5.74, 6) is -0.0252. The van der Waals surface area contributed by atoms with E-state index in [9.17, 15) is 9.18 Å². The highest BCUT2D eigenvalue weighted by Gasteiger charge is 2.24. The fourth-order valence-electron chi connectivity index (χ4n) is 4.18. The smallest absolute Gasteiger partial charge is 0.407 e. The van der Waals surface area contributed by atoms with E-state index < -0.39 is 6.09 Å². The fraction of sp³-hybridized carbons (Fsp3) is 0.261. The van der Waals surface area contributed by atoms with Crippen LogP contribution in [0.3, 0.4) is 0 Å². The second kappa shape index (κ2) is 9.32. The number of nitrogens with one attached hydrogen (secondary N) is 2. The average molecular weight is 484 g/mol. The van der Waals surface area contributed by atoms with Gasteiger partial charge in [-0.2, -0.15) is 5.10 Å². The molecule has 34 heavy (non-hydrogen) atoms. The van der Waals surface area contributed by atoms with Crippen molar-refractivity contribution in [3.63, 3.8) is 0 Å². The Balaban J connectivity index is 1.32. The van der Waals surface area contributed by atoms with Crippen LogP contribution in [0, 0.1) is 5.82 Å². The summed E-state index contributed by atoms with van der Waals surface area (Å²) >= 11 is 6.52. The predicted octanol–water partition coefficient (Wildman–Crippen LogP) is 4.14. The van der Waals surface area contributed by atoms with E-state index in [0.717, 1.165) is 30.6 Å². The minimum absolute atomic E-state index is 0.0554. The van der Waals surface area contributed by atoms with Gasteiger partial charge >= 0.3 is 6.09 Å². The van der Waals surface area contributed by atoms with Crippen molar-refractivity contribution in [2.24, 2.45) is 5.73 Å². The molecule has 1 aliphatic heterocycles. The molecule has 4 aromatic rings. The molecule has 0 radical (unpaired) electrons. The van der Waals surface area contributed by atoms with Crippen molar-refractivity contribution in [3.05, 3.63) is 65.5 Å². The van der Waals surface area contributed by atoms with Crippen molar-refractivity contribution in [2.45, 2.75) is 25.4 Å². The normalized spacial score (nSPS) is 16.1. The van der Waals surface area contributed by atoms with Gasteiger partial charge in [0.15, 0.2) is 5.75 Å². The van der Waals surface area contributed by atoms with Crippen LogP contribution in [0.25, 0.3) is 11.0 Å². The molecular weight excluding hydrogens is 461 g/mol. The van der Waals surface area contributed by atoms with Crippen LogP contribution in [0.5, 0.6) is 5.75 Å². The van der Waals surface area contributed by atoms with Gasteiger partial charge in [0.05, 0.1) is 46.9 Å². The highest BCUT2D eigenvalue weighted by Crippen LogP contribution is 2.38. The third-order valence-electron chi connectivity index (χ3n) is 5.72. The first kappa shape index (κ1) is 22.2. The quantitative estimate of drug-likeness (QED) is 0.393. The van der Waals surface area contributed by atoms with E-state index >= 15 is 0 Å². The van der Waals surface area contributed by atoms with Gasteiger partial charge in [0.25, 0.3) is 0 Å². The van der Waals surface area contributed by atoms with Crippen molar-refractivity contribution in [2.75, 3.05) is 23.3 Å². The first-order valence-corrected chi connectivity index (χ1v) is 11.3. The number of halogens is 2. The molecular formula is C23H23ClFN7O2. The number of ether oxygens (including phenoxy) is 1. The lowest BCUT2D eigenvalue weighted by atomic mass is 10.1. The molecule has 4 N–H and O–H groups in total. The Morgan fingerprint density at radius 3 is 2.94 bits per heavy atom. The molecule has 1 fully saturated rings. The zero-order chi connectivity index (χ0) is 23.7. The number of carbonyl (C=O) groups excluding carboxylic acids is 1. The van der Waals surface area contributed by atoms with Gasteiger partial charge in [0, 0.05) is 25.3 Å². The van der Waals surface area contributed by atoms with E-state index in [1.165, 1.54) is 18.3 Å². The number of nitrogens with zero attached hydrogens (tertiary/aromatic N) is 4. The van der Waals surface area contributed by atoms with Crippen molar-refractivity contribution >= 4 is 40.1 Å². The van der Waals surface area contributed by atoms with Crippen molar-refractivity contribution < 1.29 is 13.9 Å². The second-order valence-electron chi connectivity index (χ2n) is 8.24. The number of piperidine rings is 1. The van der Waals surface area contributed by atoms with E-state index in [0.29, 0.717) is 34.8 Å². The summed E-state index contributed by atoms with van der Waals surface area (Å²) in [7, 11) is 0. The van der Waals surface area contributed by atoms with Crippen molar-refractivity contribution in [1.82, 2.24) is 19.7 Å². The number of rotatable bonds is 5. The summed E-state index contributed by atoms with van der Waals surface area (Å²) in [4.78, 5) is 22.2. The van der Waals surface area contributed by atoms with E-state index in [2.05, 4.69) is 25.3 Å². The monoisotopic (exact) mass is 483 g/mol. The second-order valence-corrected chi connectivity index (χ2v) is 8.65. The molecule has 1 aromatic carbocycles. The summed E-state index contributed by atoms with van der Waals surface area (Å²) in [5.41, 5.74) is 8.92. The van der Waals surface area contributed by atoms with Crippen LogP contribution >= 0.6 is 11.6 Å². The largest absolute Gasteiger partial charge is 0.417 e. The Morgan fingerprint density at radius 1 is 1.32 bits per heavy atom. The first-order chi connectivity index (χ1) is 16.5. The number of H-pyrrole nitrogens is 1. The molecule has 9 nitrogen and oxygen atoms in total. The third kappa shape index (κ3) is 4.68. The number of aromatic nitrogens is 4. The molecule has 4 heterocycles. The van der Waals surface area contributed by atoms with E-state index in [-0.39, 0.29) is 17.6 Å². The number of benzene rings is 1. The van der Waals surface area contributed by atoms with Crippen LogP contribution in [0.15, 0.2) is 49.1 Å². The van der Waals surface area contributed by atoms with Crippen LogP contribution in [0.1, 0.15) is 18.4 Å². The Hall–Kier alpha value is -3.63. The van der Waals surface area contributed by atoms with E-state index in [1.807, 2.05) is 0 Å². The molecule has 1 saturated heterocycles. The molecule has 0 spiro atoms. The van der Waals surface area contributed by atoms with Gasteiger partial charge in [-0.25, -0.2) is 14.2 Å². The number of amides is 1. The Morgan fingerprint density at radius 2 is 2.15 bits per heavy atom. The standard InChI is InChI=1S/C23H23ClFN7O2/c24-18-9-27-22-20(21(18)31-7-1-2-16(26)12-31)19(10-28-22)30-23(33)34-17-8-29-32(13-17)11-14-3-5-15(25)6-4-14/h3-6,8-10,13,16H,1-2,7,11-12,26H2,(H,27,28)(H,30,33)/t16-/m1/s1. The summed E-state index contributed by atoms with van der Waals surface area (Å²) < 4.78 is 20.1. The van der Waals surface area contributed by atoms with E-state index in [1.54, 1.807) is 35.4 Å². The maximum Gasteiger partial charge on any atom is 0.417 e. The SMILES string of the molecule is N[C@@H]1CCCN(c2c(Cl)cnc3[nH]cc(NC(=O)Oc4cnn(Cc5ccc(F)cc5)c4)c23)C1. The zero-order valence-electron chi connectivity index (χ0n) is 18.2. The van der Waals surface area contributed by atoms with Crippen LogP contribution in [-0.2, 0) is 6.54 Å². The Kier molecular flexibility index (Phi) is 6.08. The average Bonchev–Trinajstić information content (AvgIpc) is 3.42. The highest BCUT2D eigenvalue weighted by molar-refractivity contribution is 6.35. The molecule has 176 valence electrons. The number of aromatic amines is 1. The number of hydrogen-bond donors (Lipinski definition) is 3. The Bertz CT molecular complexity index is 1320. The molecule has 3 aromatic heterocycles. The number of nitrogens with two attached hydrogens (primary N) is 1. The minimum Gasteiger partial charge on any atom is -0.407 e. The lowest BCUT2D eigenvalue weighted by Gasteiger charge is -2.33. The topological polar surface area (TPSA) is 114 Å². The van der Waals surface area contributed by atoms with Gasteiger partial charge in [0.2, 0.25) is 0 Å². The molecule has 1 aliphatic rings. The summed E-state index contributed by atoms with van der Waals surface area (Å²) in [5, 5.41) is 8.15. The molecule has 11 heteroatoms. The predicted molar refractivity (Wildman–Crippen MR) is 128 cm³/mol. The number of pyridine rings is 1. The van der Waals surface area contributed by atoms with Crippen LogP contribution in [-0.4, -0.2) is 45.0 Å². The molecule has 5 rings (SSSR count). The number of fused-ring (bicyclic) bond motifs is 1. The van der Waals surface area contributed by atoms with Crippen molar-refractivity contribution in [1.29, 1.82) is 0 Å². The summed E-state index contributed by atoms with van der Waals surface area (Å²) in [6, 6.07) is 6.18. The van der Waals surface area contributed by atoms with Crippen LogP contribution < -0.4 is 20.7 Å². The van der Waals surface area contributed by atoms with Crippen LogP contribution in [0.2, 0.25) is 5.02 Å². The molecule has 1 atom stereocenters. The number of anilines is 2. The molecule has 0 bridgehead atoms. The number of hydrogen-bond acceptors (Lipinski definition) is 6. The van der Waals surface area contributed by atoms with Gasteiger partial charge in [-0.3, -0.25) is 10.00 Å². The lowest BCUT2D eigenvalue weighted by Crippen LogP contribution is -2.43. The zero-order valence-corrected chi connectivity index (χ0v) is 18.9. The lowest BCUT2D eigenvalue weighted by molar-refractivity contribution is 0.215. The maximum atomic E-state index is 13.1. The number of carbonyl (C=O) groups is 1. The van der Waals surface area contributed by atoms with Gasteiger partial charge in [-0.05, 0) is 30.5 Å². The van der Waals surface area contributed by atoms with Crippen LogP contribution in [0.4, 0.5) is 20.6 Å². The third-order valence-corrected chi connectivity index (χ3v) is 5.99. The fourth-order valence-corrected chi connectivity index (χ4v) is 4.44. The first-order valence-electron chi connectivity index (χ1n) is 10.9. The molecule has 0 unspecified atom stereocenters.